The van der Waals surface area contributed by atoms with E-state index in [1.54, 1.807) is 11.8 Å². The molecule has 0 spiro atoms. The van der Waals surface area contributed by atoms with E-state index >= 15 is 0 Å². The van der Waals surface area contributed by atoms with E-state index in [2.05, 4.69) is 29.0 Å². The topological polar surface area (TPSA) is 41.1 Å². The van der Waals surface area contributed by atoms with Crippen LogP contribution in [0.1, 0.15) is 5.56 Å². The van der Waals surface area contributed by atoms with Crippen molar-refractivity contribution in [2.75, 3.05) is 29.0 Å². The Hall–Kier alpha value is -0.360. The number of carbonyl (C=O) groups excluding carboxylic acids is 1. The van der Waals surface area contributed by atoms with Gasteiger partial charge < -0.3 is 5.32 Å². The summed E-state index contributed by atoms with van der Waals surface area (Å²) < 4.78 is 0. The third-order valence-electron chi connectivity index (χ3n) is 2.85. The van der Waals surface area contributed by atoms with Gasteiger partial charge in [0.2, 0.25) is 5.91 Å². The fraction of sp³-hybridized carbons (Fsp3) is 0.462. The summed E-state index contributed by atoms with van der Waals surface area (Å²) in [7, 11) is 0. The Morgan fingerprint density at radius 3 is 2.79 bits per heavy atom. The Labute approximate surface area is 129 Å². The van der Waals surface area contributed by atoms with Gasteiger partial charge in [-0.2, -0.15) is 11.8 Å². The van der Waals surface area contributed by atoms with Crippen LogP contribution >= 0.6 is 35.9 Å². The maximum absolute atomic E-state index is 11.9. The average Bonchev–Trinajstić information content (AvgIpc) is 2.92. The van der Waals surface area contributed by atoms with E-state index in [0.29, 0.717) is 0 Å². The summed E-state index contributed by atoms with van der Waals surface area (Å²) in [6.07, 6.45) is 3.19. The first-order chi connectivity index (χ1) is 8.79. The molecular weight excluding hydrogens is 300 g/mol. The fourth-order valence-corrected chi connectivity index (χ4v) is 3.15. The number of benzene rings is 1. The van der Waals surface area contributed by atoms with Crippen molar-refractivity contribution in [2.24, 2.45) is 0 Å². The normalized spacial score (nSPS) is 17.8. The molecule has 0 aromatic heterocycles. The predicted molar refractivity (Wildman–Crippen MR) is 88.7 cm³/mol. The van der Waals surface area contributed by atoms with Gasteiger partial charge in [-0.05, 0) is 36.1 Å². The molecule has 2 rings (SSSR count). The first-order valence-corrected chi connectivity index (χ1v) is 8.54. The number of hydrogen-bond donors (Lipinski definition) is 2. The number of nitrogens with one attached hydrogen (secondary N) is 2. The summed E-state index contributed by atoms with van der Waals surface area (Å²) in [5, 5.41) is 6.11. The van der Waals surface area contributed by atoms with Gasteiger partial charge in [0.15, 0.2) is 0 Å². The zero-order chi connectivity index (χ0) is 12.8. The smallest absolute Gasteiger partial charge is 0.242 e. The lowest BCUT2D eigenvalue weighted by atomic mass is 10.1. The van der Waals surface area contributed by atoms with E-state index in [0.717, 1.165) is 29.5 Å². The highest BCUT2D eigenvalue weighted by Crippen LogP contribution is 2.14. The first-order valence-electron chi connectivity index (χ1n) is 5.99. The quantitative estimate of drug-likeness (QED) is 0.875. The van der Waals surface area contributed by atoms with Gasteiger partial charge >= 0.3 is 0 Å². The van der Waals surface area contributed by atoms with E-state index in [1.165, 1.54) is 5.56 Å². The summed E-state index contributed by atoms with van der Waals surface area (Å²) in [5.74, 6) is 2.93. The zero-order valence-corrected chi connectivity index (χ0v) is 13.3. The van der Waals surface area contributed by atoms with E-state index in [4.69, 9.17) is 0 Å². The Kier molecular flexibility index (Phi) is 7.68. The molecule has 6 heteroatoms. The molecule has 1 unspecified atom stereocenters. The highest BCUT2D eigenvalue weighted by Gasteiger charge is 2.22. The number of rotatable bonds is 5. The van der Waals surface area contributed by atoms with E-state index in [-0.39, 0.29) is 24.4 Å². The zero-order valence-electron chi connectivity index (χ0n) is 10.8. The van der Waals surface area contributed by atoms with Gasteiger partial charge in [0.05, 0.1) is 6.04 Å². The maximum atomic E-state index is 11.9. The average molecular weight is 319 g/mol. The first kappa shape index (κ1) is 16.7. The molecule has 1 aromatic rings. The van der Waals surface area contributed by atoms with Crippen molar-refractivity contribution < 1.29 is 4.79 Å². The van der Waals surface area contributed by atoms with Crippen LogP contribution in [-0.2, 0) is 11.2 Å². The highest BCUT2D eigenvalue weighted by molar-refractivity contribution is 7.99. The molecule has 1 atom stereocenters. The molecule has 2 N–H and O–H groups in total. The molecule has 1 saturated heterocycles. The molecule has 1 amide bonds. The molecule has 19 heavy (non-hydrogen) atoms. The monoisotopic (exact) mass is 318 g/mol. The van der Waals surface area contributed by atoms with Crippen molar-refractivity contribution in [3.8, 4) is 0 Å². The van der Waals surface area contributed by atoms with Gasteiger partial charge in [-0.3, -0.25) is 10.1 Å². The molecular formula is C13H19ClN2OS2. The highest BCUT2D eigenvalue weighted by atomic mass is 35.5. The lowest BCUT2D eigenvalue weighted by molar-refractivity contribution is -0.117. The number of halogens is 1. The van der Waals surface area contributed by atoms with Gasteiger partial charge in [0, 0.05) is 17.3 Å². The summed E-state index contributed by atoms with van der Waals surface area (Å²) in [5.41, 5.74) is 2.20. The van der Waals surface area contributed by atoms with E-state index < -0.39 is 0 Å². The Morgan fingerprint density at radius 2 is 2.21 bits per heavy atom. The SMILES string of the molecule is CSCCc1ccc(NC(=O)C2CSCN2)cc1.Cl. The molecule has 3 nitrogen and oxygen atoms in total. The molecule has 0 saturated carbocycles. The molecule has 0 bridgehead atoms. The number of amides is 1. The standard InChI is InChI=1S/C13H18N2OS2.ClH/c1-17-7-6-10-2-4-11(5-3-10)15-13(16)12-8-18-9-14-12;/h2-5,12,14H,6-9H2,1H3,(H,15,16);1H. The molecule has 1 aliphatic heterocycles. The van der Waals surface area contributed by atoms with Crippen LogP contribution in [0.3, 0.4) is 0 Å². The lowest BCUT2D eigenvalue weighted by Crippen LogP contribution is -2.37. The Morgan fingerprint density at radius 1 is 1.47 bits per heavy atom. The molecule has 0 aliphatic carbocycles. The van der Waals surface area contributed by atoms with Crippen molar-refractivity contribution >= 4 is 47.5 Å². The number of aryl methyl sites for hydroxylation is 1. The van der Waals surface area contributed by atoms with Crippen LogP contribution in [0.25, 0.3) is 0 Å². The summed E-state index contributed by atoms with van der Waals surface area (Å²) in [4.78, 5) is 11.9. The second kappa shape index (κ2) is 8.74. The second-order valence-corrected chi connectivity index (χ2v) is 6.22. The number of hydrogen-bond acceptors (Lipinski definition) is 4. The van der Waals surface area contributed by atoms with Gasteiger partial charge in [-0.15, -0.1) is 24.2 Å². The summed E-state index contributed by atoms with van der Waals surface area (Å²) in [6.45, 7) is 0. The van der Waals surface area contributed by atoms with Crippen molar-refractivity contribution in [1.29, 1.82) is 0 Å². The van der Waals surface area contributed by atoms with Gasteiger partial charge in [-0.25, -0.2) is 0 Å². The minimum Gasteiger partial charge on any atom is -0.325 e. The van der Waals surface area contributed by atoms with Crippen LogP contribution < -0.4 is 10.6 Å². The molecule has 106 valence electrons. The van der Waals surface area contributed by atoms with Gasteiger partial charge in [0.1, 0.15) is 0 Å². The van der Waals surface area contributed by atoms with E-state index in [1.807, 2.05) is 23.9 Å². The van der Waals surface area contributed by atoms with Crippen LogP contribution in [-0.4, -0.2) is 35.6 Å². The second-order valence-electron chi connectivity index (χ2n) is 4.20. The number of anilines is 1. The van der Waals surface area contributed by atoms with Gasteiger partial charge in [-0.1, -0.05) is 12.1 Å². The van der Waals surface area contributed by atoms with Crippen LogP contribution in [0, 0.1) is 0 Å². The molecule has 0 radical (unpaired) electrons. The predicted octanol–water partition coefficient (Wildman–Crippen LogP) is 2.61. The van der Waals surface area contributed by atoms with E-state index in [9.17, 15) is 4.79 Å². The van der Waals surface area contributed by atoms with Crippen molar-refractivity contribution in [3.05, 3.63) is 29.8 Å². The largest absolute Gasteiger partial charge is 0.325 e. The van der Waals surface area contributed by atoms with Gasteiger partial charge in [0.25, 0.3) is 0 Å². The molecule has 1 aromatic carbocycles. The Bertz CT molecular complexity index is 394. The van der Waals surface area contributed by atoms with Crippen LogP contribution in [0.2, 0.25) is 0 Å². The number of carbonyl (C=O) groups is 1. The third kappa shape index (κ3) is 5.26. The molecule has 1 aliphatic rings. The Balaban J connectivity index is 0.00000180. The minimum absolute atomic E-state index is 0. The third-order valence-corrected chi connectivity index (χ3v) is 4.40. The molecule has 1 heterocycles. The van der Waals surface area contributed by atoms with Crippen LogP contribution in [0.5, 0.6) is 0 Å². The van der Waals surface area contributed by atoms with Crippen molar-refractivity contribution in [1.82, 2.24) is 5.32 Å². The maximum Gasteiger partial charge on any atom is 0.242 e. The summed E-state index contributed by atoms with van der Waals surface area (Å²) >= 11 is 3.61. The summed E-state index contributed by atoms with van der Waals surface area (Å²) in [6, 6.07) is 8.09. The number of thioether (sulfide) groups is 2. The minimum atomic E-state index is -0.0498. The van der Waals surface area contributed by atoms with Crippen LogP contribution in [0.4, 0.5) is 5.69 Å². The fourth-order valence-electron chi connectivity index (χ4n) is 1.77. The van der Waals surface area contributed by atoms with Crippen LogP contribution in [0.15, 0.2) is 24.3 Å². The van der Waals surface area contributed by atoms with Crippen molar-refractivity contribution in [3.63, 3.8) is 0 Å². The lowest BCUT2D eigenvalue weighted by Gasteiger charge is -2.10. The van der Waals surface area contributed by atoms with Crippen molar-refractivity contribution in [2.45, 2.75) is 12.5 Å². The molecule has 1 fully saturated rings.